The van der Waals surface area contributed by atoms with E-state index in [0.717, 1.165) is 67.5 Å². The van der Waals surface area contributed by atoms with Crippen LogP contribution in [0.15, 0.2) is 66.7 Å². The molecule has 1 aliphatic heterocycles. The Kier molecular flexibility index (Phi) is 7.04. The van der Waals surface area contributed by atoms with Crippen LogP contribution < -0.4 is 19.9 Å². The standard InChI is InChI=1S/C28H30N4O4/c1-34-22-6-2-19(3-7-22)17-32-14-12-20(13-15-32)18-35-23-8-4-21(5-9-23)27-30-25-11-10-24(36-28(29)33)16-26(25)31-27/h2-11,16,20H,12-15,17-18H2,1H3,(H2,29,33)(H,30,31). The van der Waals surface area contributed by atoms with Crippen molar-refractivity contribution in [3.8, 4) is 28.6 Å². The van der Waals surface area contributed by atoms with E-state index in [9.17, 15) is 4.79 Å². The maximum Gasteiger partial charge on any atom is 0.409 e. The Labute approximate surface area is 210 Å². The van der Waals surface area contributed by atoms with Crippen molar-refractivity contribution >= 4 is 17.1 Å². The van der Waals surface area contributed by atoms with Crippen molar-refractivity contribution in [2.45, 2.75) is 19.4 Å². The molecule has 0 saturated carbocycles. The number of hydrogen-bond acceptors (Lipinski definition) is 6. The first-order valence-corrected chi connectivity index (χ1v) is 12.1. The maximum absolute atomic E-state index is 11.0. The molecule has 5 rings (SSSR count). The largest absolute Gasteiger partial charge is 0.497 e. The minimum atomic E-state index is -0.847. The Bertz CT molecular complexity index is 1310. The van der Waals surface area contributed by atoms with E-state index < -0.39 is 6.09 Å². The van der Waals surface area contributed by atoms with Crippen LogP contribution in [0.25, 0.3) is 22.4 Å². The fourth-order valence-corrected chi connectivity index (χ4v) is 4.53. The lowest BCUT2D eigenvalue weighted by molar-refractivity contribution is 0.136. The summed E-state index contributed by atoms with van der Waals surface area (Å²) in [5.41, 5.74) is 8.89. The molecule has 0 aliphatic carbocycles. The smallest absolute Gasteiger partial charge is 0.409 e. The average Bonchev–Trinajstić information content (AvgIpc) is 3.32. The van der Waals surface area contributed by atoms with Gasteiger partial charge < -0.3 is 24.9 Å². The number of imidazole rings is 1. The van der Waals surface area contributed by atoms with Gasteiger partial charge in [-0.3, -0.25) is 4.90 Å². The van der Waals surface area contributed by atoms with E-state index in [-0.39, 0.29) is 0 Å². The molecule has 2 heterocycles. The first-order valence-electron chi connectivity index (χ1n) is 12.1. The number of nitrogens with one attached hydrogen (secondary N) is 1. The van der Waals surface area contributed by atoms with E-state index in [1.54, 1.807) is 19.2 Å². The average molecular weight is 487 g/mol. The Balaban J connectivity index is 1.11. The van der Waals surface area contributed by atoms with Crippen LogP contribution in [0.4, 0.5) is 4.79 Å². The van der Waals surface area contributed by atoms with Crippen molar-refractivity contribution in [1.29, 1.82) is 0 Å². The number of likely N-dealkylation sites (tertiary alicyclic amines) is 1. The number of piperidine rings is 1. The zero-order chi connectivity index (χ0) is 24.9. The lowest BCUT2D eigenvalue weighted by Gasteiger charge is -2.31. The summed E-state index contributed by atoms with van der Waals surface area (Å²) in [6.07, 6.45) is 1.42. The molecule has 1 amide bonds. The topological polar surface area (TPSA) is 103 Å². The second kappa shape index (κ2) is 10.7. The molecule has 8 nitrogen and oxygen atoms in total. The molecule has 8 heteroatoms. The molecule has 4 aromatic rings. The fraction of sp³-hybridized carbons (Fsp3) is 0.286. The second-order valence-corrected chi connectivity index (χ2v) is 9.09. The number of nitrogens with zero attached hydrogens (tertiary/aromatic N) is 2. The third-order valence-electron chi connectivity index (χ3n) is 6.56. The number of carbonyl (C=O) groups is 1. The molecule has 1 aromatic heterocycles. The number of ether oxygens (including phenoxy) is 3. The molecule has 36 heavy (non-hydrogen) atoms. The third kappa shape index (κ3) is 5.78. The van der Waals surface area contributed by atoms with Crippen LogP contribution in [0.1, 0.15) is 18.4 Å². The number of aromatic amines is 1. The van der Waals surface area contributed by atoms with Gasteiger partial charge >= 0.3 is 6.09 Å². The molecule has 0 spiro atoms. The van der Waals surface area contributed by atoms with Gasteiger partial charge in [-0.15, -0.1) is 0 Å². The van der Waals surface area contributed by atoms with E-state index in [1.807, 2.05) is 42.5 Å². The highest BCUT2D eigenvalue weighted by molar-refractivity contribution is 5.81. The van der Waals surface area contributed by atoms with Crippen molar-refractivity contribution in [3.05, 3.63) is 72.3 Å². The highest BCUT2D eigenvalue weighted by Gasteiger charge is 2.20. The van der Waals surface area contributed by atoms with Gasteiger partial charge in [-0.05, 0) is 85.9 Å². The zero-order valence-electron chi connectivity index (χ0n) is 20.3. The van der Waals surface area contributed by atoms with E-state index in [1.165, 1.54) is 5.56 Å². The monoisotopic (exact) mass is 486 g/mol. The predicted molar refractivity (Wildman–Crippen MR) is 138 cm³/mol. The predicted octanol–water partition coefficient (Wildman–Crippen LogP) is 4.99. The minimum absolute atomic E-state index is 0.364. The lowest BCUT2D eigenvalue weighted by atomic mass is 9.97. The summed E-state index contributed by atoms with van der Waals surface area (Å²) >= 11 is 0. The van der Waals surface area contributed by atoms with Gasteiger partial charge in [0, 0.05) is 18.2 Å². The van der Waals surface area contributed by atoms with Crippen molar-refractivity contribution in [1.82, 2.24) is 14.9 Å². The number of methoxy groups -OCH3 is 1. The molecular formula is C28H30N4O4. The normalized spacial score (nSPS) is 14.6. The zero-order valence-corrected chi connectivity index (χ0v) is 20.3. The van der Waals surface area contributed by atoms with Gasteiger partial charge in [0.05, 0.1) is 24.8 Å². The number of nitrogens with two attached hydrogens (primary N) is 1. The fourth-order valence-electron chi connectivity index (χ4n) is 4.53. The van der Waals surface area contributed by atoms with Gasteiger partial charge in [0.15, 0.2) is 0 Å². The first-order chi connectivity index (χ1) is 17.6. The molecule has 186 valence electrons. The first kappa shape index (κ1) is 23.7. The summed E-state index contributed by atoms with van der Waals surface area (Å²) < 4.78 is 16.3. The van der Waals surface area contributed by atoms with Gasteiger partial charge in [0.1, 0.15) is 23.1 Å². The van der Waals surface area contributed by atoms with E-state index >= 15 is 0 Å². The summed E-state index contributed by atoms with van der Waals surface area (Å²) in [5, 5.41) is 0. The Morgan fingerprint density at radius 1 is 1.00 bits per heavy atom. The van der Waals surface area contributed by atoms with Crippen LogP contribution in [-0.2, 0) is 6.54 Å². The van der Waals surface area contributed by atoms with Crippen LogP contribution in [0.5, 0.6) is 17.2 Å². The molecule has 3 aromatic carbocycles. The van der Waals surface area contributed by atoms with Crippen molar-refractivity contribution in [2.24, 2.45) is 11.7 Å². The maximum atomic E-state index is 11.0. The number of H-pyrrole nitrogens is 1. The van der Waals surface area contributed by atoms with Crippen molar-refractivity contribution in [2.75, 3.05) is 26.8 Å². The number of fused-ring (bicyclic) bond motifs is 1. The summed E-state index contributed by atoms with van der Waals surface area (Å²) in [6, 6.07) is 21.4. The molecule has 1 saturated heterocycles. The highest BCUT2D eigenvalue weighted by Crippen LogP contribution is 2.26. The molecule has 0 atom stereocenters. The molecule has 0 bridgehead atoms. The van der Waals surface area contributed by atoms with Crippen LogP contribution in [0.3, 0.4) is 0 Å². The second-order valence-electron chi connectivity index (χ2n) is 9.09. The molecular weight excluding hydrogens is 456 g/mol. The van der Waals surface area contributed by atoms with Crippen LogP contribution >= 0.6 is 0 Å². The molecule has 3 N–H and O–H groups in total. The van der Waals surface area contributed by atoms with Gasteiger partial charge in [0.25, 0.3) is 0 Å². The Morgan fingerprint density at radius 3 is 2.39 bits per heavy atom. The summed E-state index contributed by atoms with van der Waals surface area (Å²) in [7, 11) is 1.69. The van der Waals surface area contributed by atoms with E-state index in [0.29, 0.717) is 17.2 Å². The van der Waals surface area contributed by atoms with E-state index in [2.05, 4.69) is 27.0 Å². The van der Waals surface area contributed by atoms with E-state index in [4.69, 9.17) is 19.9 Å². The van der Waals surface area contributed by atoms with Crippen molar-refractivity contribution in [3.63, 3.8) is 0 Å². The number of rotatable bonds is 8. The van der Waals surface area contributed by atoms with Crippen LogP contribution in [0, 0.1) is 5.92 Å². The van der Waals surface area contributed by atoms with Gasteiger partial charge in [0.2, 0.25) is 0 Å². The summed E-state index contributed by atoms with van der Waals surface area (Å²) in [6.45, 7) is 3.86. The lowest BCUT2D eigenvalue weighted by Crippen LogP contribution is -2.35. The number of hydrogen-bond donors (Lipinski definition) is 2. The number of benzene rings is 3. The number of aromatic nitrogens is 2. The van der Waals surface area contributed by atoms with Gasteiger partial charge in [-0.2, -0.15) is 0 Å². The SMILES string of the molecule is COc1ccc(CN2CCC(COc3ccc(-c4nc5cc(OC(N)=O)ccc5[nH]4)cc3)CC2)cc1. The quantitative estimate of drug-likeness (QED) is 0.364. The third-order valence-corrected chi connectivity index (χ3v) is 6.56. The Morgan fingerprint density at radius 2 is 1.69 bits per heavy atom. The summed E-state index contributed by atoms with van der Waals surface area (Å²) in [4.78, 5) is 21.4. The Hall–Kier alpha value is -4.04. The highest BCUT2D eigenvalue weighted by atomic mass is 16.5. The minimum Gasteiger partial charge on any atom is -0.497 e. The van der Waals surface area contributed by atoms with Crippen LogP contribution in [0.2, 0.25) is 0 Å². The van der Waals surface area contributed by atoms with Crippen LogP contribution in [-0.4, -0.2) is 47.8 Å². The molecule has 0 unspecified atom stereocenters. The number of amides is 1. The molecule has 1 aliphatic rings. The van der Waals surface area contributed by atoms with Gasteiger partial charge in [-0.25, -0.2) is 9.78 Å². The van der Waals surface area contributed by atoms with Crippen molar-refractivity contribution < 1.29 is 19.0 Å². The number of primary amides is 1. The molecule has 0 radical (unpaired) electrons. The summed E-state index contributed by atoms with van der Waals surface area (Å²) in [5.74, 6) is 3.41. The molecule has 1 fully saturated rings. The number of carbonyl (C=O) groups excluding carboxylic acids is 1. The van der Waals surface area contributed by atoms with Gasteiger partial charge in [-0.1, -0.05) is 12.1 Å².